The molecule has 1 N–H and O–H groups in total. The number of ether oxygens (including phenoxy) is 2. The van der Waals surface area contributed by atoms with Crippen LogP contribution in [0.3, 0.4) is 0 Å². The molecule has 0 saturated heterocycles. The lowest BCUT2D eigenvalue weighted by atomic mass is 10.1. The van der Waals surface area contributed by atoms with Crippen molar-refractivity contribution in [2.45, 2.75) is 0 Å². The van der Waals surface area contributed by atoms with Crippen molar-refractivity contribution >= 4 is 17.6 Å². The number of carbonyl (C=O) groups excluding carboxylic acids is 1. The molecule has 0 bridgehead atoms. The van der Waals surface area contributed by atoms with Gasteiger partial charge in [-0.25, -0.2) is 4.79 Å². The first kappa shape index (κ1) is 12.5. The van der Waals surface area contributed by atoms with Gasteiger partial charge in [-0.2, -0.15) is 0 Å². The summed E-state index contributed by atoms with van der Waals surface area (Å²) >= 11 is 5.96. The summed E-state index contributed by atoms with van der Waals surface area (Å²) in [6.45, 7) is 0. The average Bonchev–Trinajstić information content (AvgIpc) is 2.87. The molecule has 0 amide bonds. The predicted octanol–water partition coefficient (Wildman–Crippen LogP) is 3.13. The van der Waals surface area contributed by atoms with Crippen molar-refractivity contribution < 1.29 is 14.3 Å². The van der Waals surface area contributed by atoms with Gasteiger partial charge in [-0.1, -0.05) is 11.6 Å². The Balaban J connectivity index is 2.45. The predicted molar refractivity (Wildman–Crippen MR) is 69.1 cm³/mol. The van der Waals surface area contributed by atoms with E-state index in [1.165, 1.54) is 7.11 Å². The Morgan fingerprint density at radius 1 is 1.22 bits per heavy atom. The SMILES string of the molecule is COC(=O)c1ccc(-c2cc(Cl)ccc2OC)[nH]1. The van der Waals surface area contributed by atoms with Gasteiger partial charge in [0.25, 0.3) is 0 Å². The third-order valence-electron chi connectivity index (χ3n) is 2.54. The van der Waals surface area contributed by atoms with E-state index < -0.39 is 5.97 Å². The molecule has 1 aromatic heterocycles. The van der Waals surface area contributed by atoms with E-state index in [-0.39, 0.29) is 0 Å². The number of aromatic amines is 1. The van der Waals surface area contributed by atoms with Crippen molar-refractivity contribution in [3.63, 3.8) is 0 Å². The van der Waals surface area contributed by atoms with Gasteiger partial charge in [0.1, 0.15) is 11.4 Å². The Kier molecular flexibility index (Phi) is 3.58. The molecule has 1 heterocycles. The van der Waals surface area contributed by atoms with E-state index in [1.54, 1.807) is 37.4 Å². The number of H-pyrrole nitrogens is 1. The molecule has 0 fully saturated rings. The Bertz CT molecular complexity index is 577. The standard InChI is InChI=1S/C13H12ClNO3/c1-17-12-6-3-8(14)7-9(12)10-4-5-11(15-10)13(16)18-2/h3-7,15H,1-2H3. The number of nitrogens with one attached hydrogen (secondary N) is 1. The van der Waals surface area contributed by atoms with Crippen molar-refractivity contribution in [1.82, 2.24) is 4.98 Å². The van der Waals surface area contributed by atoms with Crippen LogP contribution in [0, 0.1) is 0 Å². The highest BCUT2D eigenvalue weighted by Gasteiger charge is 2.12. The Morgan fingerprint density at radius 3 is 2.67 bits per heavy atom. The van der Waals surface area contributed by atoms with Crippen LogP contribution in [0.15, 0.2) is 30.3 Å². The maximum absolute atomic E-state index is 11.4. The quantitative estimate of drug-likeness (QED) is 0.868. The lowest BCUT2D eigenvalue weighted by molar-refractivity contribution is 0.0595. The molecule has 4 nitrogen and oxygen atoms in total. The molecule has 1 aromatic carbocycles. The van der Waals surface area contributed by atoms with Crippen LogP contribution in [0.5, 0.6) is 5.75 Å². The second-order valence-electron chi connectivity index (χ2n) is 3.62. The first-order valence-corrected chi connectivity index (χ1v) is 5.64. The van der Waals surface area contributed by atoms with Gasteiger partial charge in [0, 0.05) is 16.3 Å². The van der Waals surface area contributed by atoms with Crippen LogP contribution in [-0.2, 0) is 4.74 Å². The molecule has 2 rings (SSSR count). The van der Waals surface area contributed by atoms with Crippen molar-refractivity contribution in [1.29, 1.82) is 0 Å². The molecular formula is C13H12ClNO3. The molecule has 0 radical (unpaired) electrons. The summed E-state index contributed by atoms with van der Waals surface area (Å²) in [6.07, 6.45) is 0. The van der Waals surface area contributed by atoms with Crippen molar-refractivity contribution in [2.75, 3.05) is 14.2 Å². The number of aromatic nitrogens is 1. The molecule has 0 saturated carbocycles. The minimum absolute atomic E-state index is 0.384. The Labute approximate surface area is 109 Å². The molecule has 0 atom stereocenters. The summed E-state index contributed by atoms with van der Waals surface area (Å²) < 4.78 is 9.89. The van der Waals surface area contributed by atoms with E-state index in [0.717, 1.165) is 11.3 Å². The van der Waals surface area contributed by atoms with E-state index >= 15 is 0 Å². The lowest BCUT2D eigenvalue weighted by Gasteiger charge is -2.07. The second kappa shape index (κ2) is 5.14. The number of methoxy groups -OCH3 is 2. The molecule has 94 valence electrons. The summed E-state index contributed by atoms with van der Waals surface area (Å²) in [5, 5.41) is 0.597. The van der Waals surface area contributed by atoms with Crippen molar-refractivity contribution in [3.8, 4) is 17.0 Å². The van der Waals surface area contributed by atoms with E-state index in [9.17, 15) is 4.79 Å². The van der Waals surface area contributed by atoms with Gasteiger partial charge in [-0.3, -0.25) is 0 Å². The van der Waals surface area contributed by atoms with Gasteiger partial charge in [-0.05, 0) is 30.3 Å². The average molecular weight is 266 g/mol. The molecule has 0 aliphatic rings. The zero-order valence-electron chi connectivity index (χ0n) is 9.99. The highest BCUT2D eigenvalue weighted by molar-refractivity contribution is 6.31. The van der Waals surface area contributed by atoms with Gasteiger partial charge in [-0.15, -0.1) is 0 Å². The first-order chi connectivity index (χ1) is 8.65. The van der Waals surface area contributed by atoms with Crippen LogP contribution in [0.1, 0.15) is 10.5 Å². The molecule has 0 aliphatic heterocycles. The molecule has 0 aliphatic carbocycles. The summed E-state index contributed by atoms with van der Waals surface area (Å²) in [7, 11) is 2.92. The largest absolute Gasteiger partial charge is 0.496 e. The van der Waals surface area contributed by atoms with E-state index in [1.807, 2.05) is 0 Å². The molecule has 2 aromatic rings. The highest BCUT2D eigenvalue weighted by atomic mass is 35.5. The highest BCUT2D eigenvalue weighted by Crippen LogP contribution is 2.31. The smallest absolute Gasteiger partial charge is 0.354 e. The maximum Gasteiger partial charge on any atom is 0.354 e. The zero-order valence-corrected chi connectivity index (χ0v) is 10.7. The topological polar surface area (TPSA) is 51.3 Å². The third-order valence-corrected chi connectivity index (χ3v) is 2.78. The molecule has 18 heavy (non-hydrogen) atoms. The van der Waals surface area contributed by atoms with E-state index in [2.05, 4.69) is 9.72 Å². The number of carbonyl (C=O) groups is 1. The second-order valence-corrected chi connectivity index (χ2v) is 4.06. The van der Waals surface area contributed by atoms with Gasteiger partial charge in [0.2, 0.25) is 0 Å². The van der Waals surface area contributed by atoms with Gasteiger partial charge >= 0.3 is 5.97 Å². The van der Waals surface area contributed by atoms with Gasteiger partial charge in [0.15, 0.2) is 0 Å². The van der Waals surface area contributed by atoms with Crippen LogP contribution in [0.25, 0.3) is 11.3 Å². The normalized spacial score (nSPS) is 10.2. The molecular weight excluding hydrogens is 254 g/mol. The molecule has 0 unspecified atom stereocenters. The lowest BCUT2D eigenvalue weighted by Crippen LogP contribution is -2.01. The minimum Gasteiger partial charge on any atom is -0.496 e. The van der Waals surface area contributed by atoms with Gasteiger partial charge in [0.05, 0.1) is 14.2 Å². The molecule has 0 spiro atoms. The number of esters is 1. The van der Waals surface area contributed by atoms with Crippen LogP contribution < -0.4 is 4.74 Å². The van der Waals surface area contributed by atoms with Crippen LogP contribution in [0.4, 0.5) is 0 Å². The summed E-state index contributed by atoms with van der Waals surface area (Å²) in [6, 6.07) is 8.72. The number of hydrogen-bond donors (Lipinski definition) is 1. The molecule has 5 heteroatoms. The number of rotatable bonds is 3. The third kappa shape index (κ3) is 2.33. The van der Waals surface area contributed by atoms with Crippen molar-refractivity contribution in [2.24, 2.45) is 0 Å². The minimum atomic E-state index is -0.415. The van der Waals surface area contributed by atoms with Crippen LogP contribution >= 0.6 is 11.6 Å². The Hall–Kier alpha value is -1.94. The summed E-state index contributed by atoms with van der Waals surface area (Å²) in [5.74, 6) is 0.264. The Morgan fingerprint density at radius 2 is 2.00 bits per heavy atom. The summed E-state index contributed by atoms with van der Waals surface area (Å²) in [5.41, 5.74) is 1.92. The number of halogens is 1. The van der Waals surface area contributed by atoms with E-state index in [4.69, 9.17) is 16.3 Å². The van der Waals surface area contributed by atoms with Crippen LogP contribution in [-0.4, -0.2) is 25.2 Å². The van der Waals surface area contributed by atoms with E-state index in [0.29, 0.717) is 16.5 Å². The monoisotopic (exact) mass is 265 g/mol. The first-order valence-electron chi connectivity index (χ1n) is 5.27. The maximum atomic E-state index is 11.4. The summed E-state index contributed by atoms with van der Waals surface area (Å²) in [4.78, 5) is 14.3. The van der Waals surface area contributed by atoms with Crippen LogP contribution in [0.2, 0.25) is 5.02 Å². The number of benzene rings is 1. The number of hydrogen-bond acceptors (Lipinski definition) is 3. The zero-order chi connectivity index (χ0) is 13.1. The fraction of sp³-hybridized carbons (Fsp3) is 0.154. The van der Waals surface area contributed by atoms with Gasteiger partial charge < -0.3 is 14.5 Å². The van der Waals surface area contributed by atoms with Crippen molar-refractivity contribution in [3.05, 3.63) is 41.0 Å². The fourth-order valence-corrected chi connectivity index (χ4v) is 1.84. The fourth-order valence-electron chi connectivity index (χ4n) is 1.67.